The summed E-state index contributed by atoms with van der Waals surface area (Å²) in [4.78, 5) is 35.9. The van der Waals surface area contributed by atoms with Crippen molar-refractivity contribution in [3.63, 3.8) is 0 Å². The number of carbonyl (C=O) groups excluding carboxylic acids is 3. The molecule has 1 amide bonds. The van der Waals surface area contributed by atoms with Crippen LogP contribution in [0.25, 0.3) is 0 Å². The van der Waals surface area contributed by atoms with Crippen molar-refractivity contribution in [3.8, 4) is 5.75 Å². The smallest absolute Gasteiger partial charge is 0.534 e. The molecule has 0 saturated carbocycles. The topological polar surface area (TPSA) is 120 Å². The number of benzene rings is 1. The zero-order valence-corrected chi connectivity index (χ0v) is 16.9. The summed E-state index contributed by atoms with van der Waals surface area (Å²) in [7, 11) is -1.68. The van der Waals surface area contributed by atoms with E-state index in [1.807, 2.05) is 0 Å². The molecule has 0 aromatic heterocycles. The number of para-hydroxylation sites is 1. The number of amides is 1. The van der Waals surface area contributed by atoms with Gasteiger partial charge in [-0.2, -0.15) is 13.2 Å². The maximum atomic E-state index is 12.4. The number of carbonyl (C=O) groups is 3. The monoisotopic (exact) mass is 459 g/mol. The van der Waals surface area contributed by atoms with Gasteiger partial charge in [-0.25, -0.2) is 4.79 Å². The average molecular weight is 459 g/mol. The van der Waals surface area contributed by atoms with Crippen LogP contribution in [0.3, 0.4) is 0 Å². The molecule has 1 fully saturated rings. The van der Waals surface area contributed by atoms with Gasteiger partial charge in [0.25, 0.3) is 0 Å². The van der Waals surface area contributed by atoms with Crippen molar-refractivity contribution in [2.24, 2.45) is 5.92 Å². The highest BCUT2D eigenvalue weighted by molar-refractivity contribution is 6.47. The number of alkyl halides is 3. The zero-order chi connectivity index (χ0) is 23.3. The molecule has 2 aliphatic rings. The van der Waals surface area contributed by atoms with Crippen molar-refractivity contribution in [1.82, 2.24) is 5.32 Å². The van der Waals surface area contributed by atoms with Crippen LogP contribution in [0.1, 0.15) is 35.2 Å². The van der Waals surface area contributed by atoms with E-state index in [9.17, 15) is 32.6 Å². The lowest BCUT2D eigenvalue weighted by Gasteiger charge is -2.29. The molecule has 32 heavy (non-hydrogen) atoms. The maximum Gasteiger partial charge on any atom is 0.547 e. The number of rotatable bonds is 6. The lowest BCUT2D eigenvalue weighted by atomic mass is 9.72. The van der Waals surface area contributed by atoms with Crippen LogP contribution in [-0.4, -0.2) is 62.1 Å². The van der Waals surface area contributed by atoms with Crippen LogP contribution in [0.2, 0.25) is 0 Å². The summed E-state index contributed by atoms with van der Waals surface area (Å²) in [6.07, 6.45) is -5.41. The highest BCUT2D eigenvalue weighted by atomic mass is 19.4. The third-order valence-corrected chi connectivity index (χ3v) is 4.99. The Labute approximate surface area is 181 Å². The molecule has 0 spiro atoms. The molecule has 1 saturated heterocycles. The standard InChI is InChI=1S/C19H21BF3NO8/c21-19(22,23)9-15(25)24-14-8-12-2-1-3-13(16(12)32-20(14)28)18(27)31-10-30-17(26)11-4-6-29-7-5-11/h1-3,11,14,28H,4-10H2,(H,24,25)/t14-/m0/s1. The van der Waals surface area contributed by atoms with Gasteiger partial charge in [-0.3, -0.25) is 9.59 Å². The highest BCUT2D eigenvalue weighted by Crippen LogP contribution is 2.31. The Kier molecular flexibility index (Phi) is 7.62. The van der Waals surface area contributed by atoms with Gasteiger partial charge in [-0.05, 0) is 30.9 Å². The highest BCUT2D eigenvalue weighted by Gasteiger charge is 2.40. The predicted molar refractivity (Wildman–Crippen MR) is 101 cm³/mol. The summed E-state index contributed by atoms with van der Waals surface area (Å²) < 4.78 is 57.4. The first-order valence-corrected chi connectivity index (χ1v) is 9.88. The van der Waals surface area contributed by atoms with E-state index in [1.54, 1.807) is 0 Å². The first kappa shape index (κ1) is 23.9. The molecule has 0 unspecified atom stereocenters. The first-order valence-electron chi connectivity index (χ1n) is 9.88. The van der Waals surface area contributed by atoms with Gasteiger partial charge in [-0.15, -0.1) is 0 Å². The minimum atomic E-state index is -4.69. The summed E-state index contributed by atoms with van der Waals surface area (Å²) in [5, 5.41) is 12.2. The fraction of sp³-hybridized carbons (Fsp3) is 0.526. The van der Waals surface area contributed by atoms with Crippen LogP contribution >= 0.6 is 0 Å². The second kappa shape index (κ2) is 10.2. The van der Waals surface area contributed by atoms with Crippen molar-refractivity contribution in [3.05, 3.63) is 29.3 Å². The van der Waals surface area contributed by atoms with Gasteiger partial charge in [0.2, 0.25) is 12.7 Å². The summed E-state index contributed by atoms with van der Waals surface area (Å²) in [6, 6.07) is 4.38. The van der Waals surface area contributed by atoms with E-state index < -0.39 is 50.3 Å². The average Bonchev–Trinajstić information content (AvgIpc) is 2.73. The van der Waals surface area contributed by atoms with Crippen molar-refractivity contribution < 1.29 is 51.4 Å². The quantitative estimate of drug-likeness (QED) is 0.370. The fourth-order valence-electron chi connectivity index (χ4n) is 3.42. The van der Waals surface area contributed by atoms with Gasteiger partial charge in [0.15, 0.2) is 0 Å². The van der Waals surface area contributed by atoms with Gasteiger partial charge in [0, 0.05) is 13.2 Å². The third-order valence-electron chi connectivity index (χ3n) is 4.99. The molecule has 2 N–H and O–H groups in total. The second-order valence-electron chi connectivity index (χ2n) is 7.37. The van der Waals surface area contributed by atoms with E-state index >= 15 is 0 Å². The van der Waals surface area contributed by atoms with Gasteiger partial charge in [-0.1, -0.05) is 12.1 Å². The molecule has 1 aromatic carbocycles. The van der Waals surface area contributed by atoms with Crippen LogP contribution in [-0.2, 0) is 30.2 Å². The molecular formula is C19H21BF3NO8. The van der Waals surface area contributed by atoms with E-state index in [0.717, 1.165) is 0 Å². The lowest BCUT2D eigenvalue weighted by molar-refractivity contribution is -0.160. The largest absolute Gasteiger partial charge is 0.547 e. The van der Waals surface area contributed by atoms with Crippen LogP contribution in [0, 0.1) is 5.92 Å². The SMILES string of the molecule is O=C(CC(F)(F)F)N[C@H]1Cc2cccc(C(=O)OCOC(=O)C3CCOCC3)c2OB1O. The number of halogens is 3. The Balaban J connectivity index is 1.57. The zero-order valence-electron chi connectivity index (χ0n) is 16.9. The van der Waals surface area contributed by atoms with Crippen molar-refractivity contribution in [1.29, 1.82) is 0 Å². The molecule has 1 aromatic rings. The normalized spacial score (nSPS) is 18.9. The molecule has 13 heteroatoms. The Morgan fingerprint density at radius 1 is 1.19 bits per heavy atom. The molecule has 3 rings (SSSR count). The van der Waals surface area contributed by atoms with Crippen molar-refractivity contribution >= 4 is 25.0 Å². The summed E-state index contributed by atoms with van der Waals surface area (Å²) in [5.74, 6) is -4.18. The molecule has 174 valence electrons. The number of fused-ring (bicyclic) bond motifs is 1. The molecule has 2 heterocycles. The van der Waals surface area contributed by atoms with Crippen LogP contribution in [0.5, 0.6) is 5.75 Å². The van der Waals surface area contributed by atoms with Crippen LogP contribution < -0.4 is 9.97 Å². The van der Waals surface area contributed by atoms with E-state index in [0.29, 0.717) is 31.6 Å². The van der Waals surface area contributed by atoms with Crippen LogP contribution in [0.4, 0.5) is 13.2 Å². The summed E-state index contributed by atoms with van der Waals surface area (Å²) in [5.41, 5.74) is 0.310. The molecule has 9 nitrogen and oxygen atoms in total. The molecule has 2 aliphatic heterocycles. The number of nitrogens with one attached hydrogen (secondary N) is 1. The minimum absolute atomic E-state index is 0.0259. The fourth-order valence-corrected chi connectivity index (χ4v) is 3.42. The van der Waals surface area contributed by atoms with Gasteiger partial charge in [0.05, 0.1) is 11.9 Å². The summed E-state index contributed by atoms with van der Waals surface area (Å²) in [6.45, 7) is 0.289. The molecule has 1 atom stereocenters. The molecule has 0 radical (unpaired) electrons. The first-order chi connectivity index (χ1) is 15.1. The number of hydrogen-bond acceptors (Lipinski definition) is 8. The van der Waals surface area contributed by atoms with Gasteiger partial charge in [0.1, 0.15) is 17.7 Å². The van der Waals surface area contributed by atoms with Crippen LogP contribution in [0.15, 0.2) is 18.2 Å². The van der Waals surface area contributed by atoms with E-state index in [-0.39, 0.29) is 23.7 Å². The lowest BCUT2D eigenvalue weighted by Crippen LogP contribution is -2.53. The third kappa shape index (κ3) is 6.36. The second-order valence-corrected chi connectivity index (χ2v) is 7.37. The Morgan fingerprint density at radius 2 is 1.91 bits per heavy atom. The Morgan fingerprint density at radius 3 is 2.59 bits per heavy atom. The molecular weight excluding hydrogens is 438 g/mol. The van der Waals surface area contributed by atoms with Gasteiger partial charge < -0.3 is 29.2 Å². The number of hydrogen-bond donors (Lipinski definition) is 2. The Bertz CT molecular complexity index is 859. The number of esters is 2. The van der Waals surface area contributed by atoms with Crippen molar-refractivity contribution in [2.75, 3.05) is 20.0 Å². The number of ether oxygens (including phenoxy) is 3. The Hall–Kier alpha value is -2.80. The van der Waals surface area contributed by atoms with E-state index in [1.165, 1.54) is 18.2 Å². The molecule has 0 bridgehead atoms. The maximum absolute atomic E-state index is 12.4. The predicted octanol–water partition coefficient (Wildman–Crippen LogP) is 1.16. The minimum Gasteiger partial charge on any atom is -0.534 e. The van der Waals surface area contributed by atoms with Crippen molar-refractivity contribution in [2.45, 2.75) is 37.8 Å². The summed E-state index contributed by atoms with van der Waals surface area (Å²) >= 11 is 0. The molecule has 0 aliphatic carbocycles. The van der Waals surface area contributed by atoms with Gasteiger partial charge >= 0.3 is 25.2 Å². The van der Waals surface area contributed by atoms with E-state index in [4.69, 9.17) is 18.9 Å². The van der Waals surface area contributed by atoms with E-state index in [2.05, 4.69) is 5.32 Å².